The summed E-state index contributed by atoms with van der Waals surface area (Å²) in [5, 5.41) is 12.3. The van der Waals surface area contributed by atoms with Gasteiger partial charge in [-0.2, -0.15) is 13.7 Å². The minimum absolute atomic E-state index is 0. The monoisotopic (exact) mass is 482 g/mol. The Morgan fingerprint density at radius 1 is 1.15 bits per heavy atom. The maximum absolute atomic E-state index is 12.2. The van der Waals surface area contributed by atoms with Crippen LogP contribution >= 0.6 is 0 Å². The molecule has 0 spiro atoms. The molecule has 10 nitrogen and oxygen atoms in total. The SMILES string of the molecule is CN(C)C(=O)C1CCC(NCC(=O)N2CCC[C@H]2C#N)CC1.O.O=S(=O)(O)c1ccccc1. The van der Waals surface area contributed by atoms with E-state index in [1.165, 1.54) is 12.1 Å². The fourth-order valence-electron chi connectivity index (χ4n) is 4.03. The van der Waals surface area contributed by atoms with Gasteiger partial charge in [0.2, 0.25) is 11.8 Å². The molecule has 2 amide bonds. The summed E-state index contributed by atoms with van der Waals surface area (Å²) in [4.78, 5) is 27.4. The second-order valence-electron chi connectivity index (χ2n) is 8.32. The van der Waals surface area contributed by atoms with Gasteiger partial charge in [0.1, 0.15) is 6.04 Å². The van der Waals surface area contributed by atoms with E-state index in [0.717, 1.165) is 38.5 Å². The summed E-state index contributed by atoms with van der Waals surface area (Å²) in [5.41, 5.74) is 0. The zero-order chi connectivity index (χ0) is 23.7. The van der Waals surface area contributed by atoms with Crippen LogP contribution in [-0.2, 0) is 19.7 Å². The lowest BCUT2D eigenvalue weighted by Gasteiger charge is -2.30. The summed E-state index contributed by atoms with van der Waals surface area (Å²) in [5.74, 6) is 0.365. The minimum atomic E-state index is -4.00. The molecule has 3 rings (SSSR count). The van der Waals surface area contributed by atoms with Crippen molar-refractivity contribution in [3.05, 3.63) is 30.3 Å². The van der Waals surface area contributed by atoms with Crippen molar-refractivity contribution in [3.63, 3.8) is 0 Å². The molecule has 184 valence electrons. The Morgan fingerprint density at radius 2 is 1.76 bits per heavy atom. The van der Waals surface area contributed by atoms with Gasteiger partial charge in [0, 0.05) is 32.6 Å². The molecule has 33 heavy (non-hydrogen) atoms. The van der Waals surface area contributed by atoms with E-state index in [9.17, 15) is 18.0 Å². The average Bonchev–Trinajstić information content (AvgIpc) is 3.27. The van der Waals surface area contributed by atoms with Crippen molar-refractivity contribution in [3.8, 4) is 6.07 Å². The number of nitriles is 1. The summed E-state index contributed by atoms with van der Waals surface area (Å²) in [7, 11) is -0.406. The number of rotatable bonds is 5. The van der Waals surface area contributed by atoms with Crippen LogP contribution in [0.25, 0.3) is 0 Å². The molecular weight excluding hydrogens is 448 g/mol. The zero-order valence-corrected chi connectivity index (χ0v) is 19.9. The summed E-state index contributed by atoms with van der Waals surface area (Å²) in [6.45, 7) is 0.998. The smallest absolute Gasteiger partial charge is 0.294 e. The molecule has 4 N–H and O–H groups in total. The van der Waals surface area contributed by atoms with Crippen LogP contribution in [0.5, 0.6) is 0 Å². The van der Waals surface area contributed by atoms with Crippen LogP contribution in [0.2, 0.25) is 0 Å². The van der Waals surface area contributed by atoms with Crippen molar-refractivity contribution >= 4 is 21.9 Å². The first-order valence-electron chi connectivity index (χ1n) is 10.8. The molecule has 1 saturated carbocycles. The van der Waals surface area contributed by atoms with Crippen LogP contribution in [0, 0.1) is 17.2 Å². The van der Waals surface area contributed by atoms with E-state index in [4.69, 9.17) is 9.81 Å². The van der Waals surface area contributed by atoms with Gasteiger partial charge >= 0.3 is 0 Å². The van der Waals surface area contributed by atoms with Crippen LogP contribution < -0.4 is 5.32 Å². The van der Waals surface area contributed by atoms with E-state index in [0.29, 0.717) is 19.1 Å². The molecule has 2 aliphatic rings. The number of carbonyl (C=O) groups excluding carboxylic acids is 2. The number of benzene rings is 1. The Bertz CT molecular complexity index is 909. The Morgan fingerprint density at radius 3 is 2.24 bits per heavy atom. The van der Waals surface area contributed by atoms with E-state index in [1.54, 1.807) is 42.1 Å². The highest BCUT2D eigenvalue weighted by atomic mass is 32.2. The fourth-order valence-corrected chi connectivity index (χ4v) is 4.54. The lowest BCUT2D eigenvalue weighted by Crippen LogP contribution is -2.45. The number of likely N-dealkylation sites (tertiary alicyclic amines) is 1. The van der Waals surface area contributed by atoms with Crippen LogP contribution in [0.15, 0.2) is 35.2 Å². The summed E-state index contributed by atoms with van der Waals surface area (Å²) in [6, 6.07) is 9.68. The van der Waals surface area contributed by atoms with Crippen LogP contribution in [-0.4, -0.2) is 79.3 Å². The standard InChI is InChI=1S/C16H26N4O2.C6H6O3S.H2O/c1-19(2)16(22)12-5-7-13(8-6-12)18-11-15(21)20-9-3-4-14(20)10-17;7-10(8,9)6-4-2-1-3-5-6;/h12-14,18H,3-9,11H2,1-2H3;1-5H,(H,7,8,9);1H2/t12?,13?,14-;;/m0../s1. The van der Waals surface area contributed by atoms with Gasteiger partial charge in [-0.3, -0.25) is 14.1 Å². The highest BCUT2D eigenvalue weighted by Crippen LogP contribution is 2.25. The van der Waals surface area contributed by atoms with Crippen LogP contribution in [0.1, 0.15) is 38.5 Å². The fraction of sp³-hybridized carbons (Fsp3) is 0.591. The molecule has 0 bridgehead atoms. The molecule has 0 aromatic heterocycles. The van der Waals surface area contributed by atoms with E-state index in [1.807, 2.05) is 0 Å². The van der Waals surface area contributed by atoms with Gasteiger partial charge in [-0.05, 0) is 50.7 Å². The first kappa shape index (κ1) is 28.5. The second-order valence-corrected chi connectivity index (χ2v) is 9.75. The Labute approximate surface area is 195 Å². The second kappa shape index (κ2) is 13.3. The van der Waals surface area contributed by atoms with Gasteiger partial charge in [-0.1, -0.05) is 18.2 Å². The topological polar surface area (TPSA) is 162 Å². The number of hydrogen-bond acceptors (Lipinski definition) is 6. The third-order valence-corrected chi connectivity index (χ3v) is 6.69. The normalized spacial score (nSPS) is 22.2. The maximum Gasteiger partial charge on any atom is 0.294 e. The van der Waals surface area contributed by atoms with Gasteiger partial charge in [-0.25, -0.2) is 0 Å². The van der Waals surface area contributed by atoms with Crippen molar-refractivity contribution < 1.29 is 28.0 Å². The maximum atomic E-state index is 12.2. The first-order chi connectivity index (χ1) is 15.1. The molecule has 1 atom stereocenters. The number of carbonyl (C=O) groups is 2. The summed E-state index contributed by atoms with van der Waals surface area (Å²) >= 11 is 0. The number of nitrogens with zero attached hydrogens (tertiary/aromatic N) is 3. The third kappa shape index (κ3) is 8.74. The molecule has 1 aliphatic heterocycles. The van der Waals surface area contributed by atoms with Crippen molar-refractivity contribution in [1.29, 1.82) is 5.26 Å². The number of amides is 2. The molecule has 0 radical (unpaired) electrons. The van der Waals surface area contributed by atoms with Gasteiger partial charge in [-0.15, -0.1) is 0 Å². The molecule has 1 saturated heterocycles. The molecule has 11 heteroatoms. The molecule has 1 aliphatic carbocycles. The highest BCUT2D eigenvalue weighted by Gasteiger charge is 2.30. The predicted octanol–water partition coefficient (Wildman–Crippen LogP) is 0.846. The third-order valence-electron chi connectivity index (χ3n) is 5.82. The molecule has 2 fully saturated rings. The molecule has 1 heterocycles. The van der Waals surface area contributed by atoms with Crippen molar-refractivity contribution in [2.24, 2.45) is 5.92 Å². The van der Waals surface area contributed by atoms with Gasteiger partial charge in [0.05, 0.1) is 17.5 Å². The number of nitrogens with one attached hydrogen (secondary N) is 1. The zero-order valence-electron chi connectivity index (χ0n) is 19.1. The van der Waals surface area contributed by atoms with Crippen molar-refractivity contribution in [2.75, 3.05) is 27.2 Å². The molecular formula is C22H34N4O6S. The summed E-state index contributed by atoms with van der Waals surface area (Å²) in [6.07, 6.45) is 5.33. The Hall–Kier alpha value is -2.52. The predicted molar refractivity (Wildman–Crippen MR) is 123 cm³/mol. The van der Waals surface area contributed by atoms with Crippen LogP contribution in [0.3, 0.4) is 0 Å². The largest absolute Gasteiger partial charge is 0.412 e. The van der Waals surface area contributed by atoms with E-state index >= 15 is 0 Å². The van der Waals surface area contributed by atoms with Gasteiger partial charge < -0.3 is 20.6 Å². The average molecular weight is 483 g/mol. The summed E-state index contributed by atoms with van der Waals surface area (Å²) < 4.78 is 29.2. The number of hydrogen-bond donors (Lipinski definition) is 2. The first-order valence-corrected chi connectivity index (χ1v) is 12.2. The lowest BCUT2D eigenvalue weighted by atomic mass is 9.85. The van der Waals surface area contributed by atoms with Gasteiger partial charge in [0.15, 0.2) is 0 Å². The molecule has 1 aromatic carbocycles. The minimum Gasteiger partial charge on any atom is -0.412 e. The molecule has 0 unspecified atom stereocenters. The molecule has 1 aromatic rings. The lowest BCUT2D eigenvalue weighted by molar-refractivity contribution is -0.134. The van der Waals surface area contributed by atoms with E-state index in [-0.39, 0.29) is 34.1 Å². The van der Waals surface area contributed by atoms with E-state index < -0.39 is 10.1 Å². The van der Waals surface area contributed by atoms with Crippen molar-refractivity contribution in [2.45, 2.75) is 55.5 Å². The van der Waals surface area contributed by atoms with Crippen LogP contribution in [0.4, 0.5) is 0 Å². The Kier molecular flexibility index (Phi) is 11.4. The van der Waals surface area contributed by atoms with Gasteiger partial charge in [0.25, 0.3) is 10.1 Å². The quantitative estimate of drug-likeness (QED) is 0.588. The Balaban J connectivity index is 0.000000417. The van der Waals surface area contributed by atoms with E-state index in [2.05, 4.69) is 11.4 Å². The van der Waals surface area contributed by atoms with Crippen molar-refractivity contribution in [1.82, 2.24) is 15.1 Å². The highest BCUT2D eigenvalue weighted by molar-refractivity contribution is 7.85.